The molecular formula is C22H22MgN5O6P. The molecule has 2 N–H and O–H groups in total. The van der Waals surface area contributed by atoms with Crippen LogP contribution >= 0.6 is 7.82 Å². The van der Waals surface area contributed by atoms with Crippen LogP contribution < -0.4 is 26.2 Å². The Balaban J connectivity index is 0.00000342. The summed E-state index contributed by atoms with van der Waals surface area (Å²) in [7, 11) is -5.26. The molecule has 0 fully saturated rings. The van der Waals surface area contributed by atoms with E-state index in [1.165, 1.54) is 11.6 Å². The number of benzene rings is 2. The van der Waals surface area contributed by atoms with Gasteiger partial charge in [-0.2, -0.15) is 4.98 Å². The quantitative estimate of drug-likeness (QED) is 0.281. The SMILES string of the molecule is Cc1cnc(Nc2cc(C)c(C)c(C)c2)nc1Nc1ccc2oc(=O)n(COP(=O)([O-])[O-])c2c1.[Mg+2]. The molecule has 2 heterocycles. The van der Waals surface area contributed by atoms with Gasteiger partial charge in [0.25, 0.3) is 0 Å². The van der Waals surface area contributed by atoms with E-state index in [0.717, 1.165) is 26.9 Å². The molecule has 0 amide bonds. The van der Waals surface area contributed by atoms with Crippen molar-refractivity contribution in [3.05, 3.63) is 69.3 Å². The summed E-state index contributed by atoms with van der Waals surface area (Å²) in [6, 6.07) is 8.82. The second-order valence-corrected chi connectivity index (χ2v) is 9.05. The van der Waals surface area contributed by atoms with Crippen LogP contribution in [0.2, 0.25) is 0 Å². The normalized spacial score (nSPS) is 11.4. The first kappa shape index (κ1) is 26.9. The molecule has 2 aromatic carbocycles. The number of hydrogen-bond acceptors (Lipinski definition) is 10. The Hall–Kier alpha value is -2.73. The average molecular weight is 508 g/mol. The smallest absolute Gasteiger partial charge is 0.790 e. The van der Waals surface area contributed by atoms with Gasteiger partial charge in [0, 0.05) is 23.1 Å². The maximum absolute atomic E-state index is 12.0. The monoisotopic (exact) mass is 507 g/mol. The second kappa shape index (κ2) is 10.5. The van der Waals surface area contributed by atoms with Gasteiger partial charge in [0.15, 0.2) is 5.58 Å². The van der Waals surface area contributed by atoms with Crippen LogP contribution in [-0.2, 0) is 15.8 Å². The Labute approximate surface area is 216 Å². The first-order valence-electron chi connectivity index (χ1n) is 10.3. The van der Waals surface area contributed by atoms with Crippen LogP contribution in [-0.4, -0.2) is 37.6 Å². The fourth-order valence-corrected chi connectivity index (χ4v) is 3.65. The van der Waals surface area contributed by atoms with E-state index in [1.54, 1.807) is 18.3 Å². The standard InChI is InChI=1S/C22H24N5O6P.Mg/c1-12-7-17(8-13(2)15(12)4)25-21-23-10-14(3)20(26-21)24-16-5-6-19-18(9-16)27(22(28)33-19)11-32-34(29,30)31;/h5-10H,11H2,1-4H3,(H2,29,30,31)(H2,23,24,25,26);/q;+2/p-2. The third-order valence-electron chi connectivity index (χ3n) is 5.43. The van der Waals surface area contributed by atoms with Crippen molar-refractivity contribution in [1.82, 2.24) is 14.5 Å². The first-order valence-corrected chi connectivity index (χ1v) is 11.7. The first-order chi connectivity index (χ1) is 16.0. The van der Waals surface area contributed by atoms with Crippen LogP contribution in [0.4, 0.5) is 23.1 Å². The molecule has 4 aromatic rings. The van der Waals surface area contributed by atoms with Gasteiger partial charge in [-0.25, -0.2) is 14.3 Å². The Morgan fingerprint density at radius 3 is 2.37 bits per heavy atom. The van der Waals surface area contributed by atoms with E-state index in [-0.39, 0.29) is 34.2 Å². The van der Waals surface area contributed by atoms with Crippen LogP contribution in [0, 0.1) is 27.7 Å². The summed E-state index contributed by atoms with van der Waals surface area (Å²) in [6.45, 7) is 7.21. The number of anilines is 4. The van der Waals surface area contributed by atoms with Crippen LogP contribution in [0.15, 0.2) is 45.7 Å². The number of oxazole rings is 1. The van der Waals surface area contributed by atoms with Gasteiger partial charge < -0.3 is 33.9 Å². The minimum absolute atomic E-state index is 0. The number of nitrogens with one attached hydrogen (secondary N) is 2. The number of phosphoric ester groups is 1. The van der Waals surface area contributed by atoms with Gasteiger partial charge in [-0.1, -0.05) is 0 Å². The van der Waals surface area contributed by atoms with E-state index in [1.807, 2.05) is 32.9 Å². The number of nitrogens with zero attached hydrogens (tertiary/aromatic N) is 3. The van der Waals surface area contributed by atoms with E-state index in [4.69, 9.17) is 4.42 Å². The molecule has 0 saturated carbocycles. The second-order valence-electron chi connectivity index (χ2n) is 7.89. The minimum Gasteiger partial charge on any atom is -0.790 e. The zero-order chi connectivity index (χ0) is 24.6. The van der Waals surface area contributed by atoms with Crippen LogP contribution in [0.1, 0.15) is 22.3 Å². The predicted octanol–water partition coefficient (Wildman–Crippen LogP) is 2.53. The van der Waals surface area contributed by atoms with Gasteiger partial charge in [-0.15, -0.1) is 0 Å². The van der Waals surface area contributed by atoms with Crippen molar-refractivity contribution in [2.24, 2.45) is 0 Å². The number of phosphoric acid groups is 1. The topological polar surface area (TPSA) is 157 Å². The van der Waals surface area contributed by atoms with Crippen LogP contribution in [0.25, 0.3) is 11.1 Å². The average Bonchev–Trinajstić information content (AvgIpc) is 3.06. The van der Waals surface area contributed by atoms with E-state index < -0.39 is 20.3 Å². The summed E-state index contributed by atoms with van der Waals surface area (Å²) < 4.78 is 21.0. The summed E-state index contributed by atoms with van der Waals surface area (Å²) in [5.74, 6) is 0.0655. The molecule has 0 atom stereocenters. The molecule has 4 rings (SSSR count). The summed E-state index contributed by atoms with van der Waals surface area (Å²) >= 11 is 0. The van der Waals surface area contributed by atoms with E-state index in [9.17, 15) is 19.1 Å². The molecule has 13 heteroatoms. The number of aromatic nitrogens is 3. The predicted molar refractivity (Wildman–Crippen MR) is 129 cm³/mol. The molecule has 2 aromatic heterocycles. The largest absolute Gasteiger partial charge is 2.00 e. The molecule has 0 aliphatic carbocycles. The molecular weight excluding hydrogens is 486 g/mol. The third kappa shape index (κ3) is 6.29. The summed E-state index contributed by atoms with van der Waals surface area (Å²) in [5.41, 5.74) is 6.18. The number of aryl methyl sites for hydroxylation is 3. The molecule has 0 unspecified atom stereocenters. The van der Waals surface area contributed by atoms with Crippen molar-refractivity contribution in [2.75, 3.05) is 10.6 Å². The molecule has 0 aliphatic heterocycles. The van der Waals surface area contributed by atoms with Crippen molar-refractivity contribution in [1.29, 1.82) is 0 Å². The van der Waals surface area contributed by atoms with Gasteiger partial charge in [0.2, 0.25) is 5.95 Å². The molecule has 0 radical (unpaired) electrons. The number of fused-ring (bicyclic) bond motifs is 1. The molecule has 0 saturated heterocycles. The number of hydrogen-bond donors (Lipinski definition) is 2. The third-order valence-corrected chi connectivity index (χ3v) is 5.86. The van der Waals surface area contributed by atoms with Crippen molar-refractivity contribution >= 4 is 65.1 Å². The summed E-state index contributed by atoms with van der Waals surface area (Å²) in [6.07, 6.45) is 1.67. The zero-order valence-corrected chi connectivity index (χ0v) is 21.9. The van der Waals surface area contributed by atoms with E-state index in [0.29, 0.717) is 17.5 Å². The van der Waals surface area contributed by atoms with Gasteiger partial charge in [-0.3, -0.25) is 0 Å². The fourth-order valence-electron chi connectivity index (χ4n) is 3.39. The minimum atomic E-state index is -5.26. The van der Waals surface area contributed by atoms with E-state index in [2.05, 4.69) is 32.0 Å². The van der Waals surface area contributed by atoms with Gasteiger partial charge in [0.05, 0.1) is 13.3 Å². The van der Waals surface area contributed by atoms with Gasteiger partial charge >= 0.3 is 28.8 Å². The van der Waals surface area contributed by atoms with Gasteiger partial charge in [-0.05, 0) is 74.7 Å². The van der Waals surface area contributed by atoms with E-state index >= 15 is 0 Å². The van der Waals surface area contributed by atoms with Crippen molar-refractivity contribution in [3.8, 4) is 0 Å². The molecule has 35 heavy (non-hydrogen) atoms. The van der Waals surface area contributed by atoms with Crippen molar-refractivity contribution in [3.63, 3.8) is 0 Å². The van der Waals surface area contributed by atoms with Crippen molar-refractivity contribution in [2.45, 2.75) is 34.4 Å². The summed E-state index contributed by atoms with van der Waals surface area (Å²) in [5, 5.41) is 6.38. The maximum atomic E-state index is 12.0. The van der Waals surface area contributed by atoms with Crippen LogP contribution in [0.3, 0.4) is 0 Å². The molecule has 0 aliphatic rings. The zero-order valence-electron chi connectivity index (χ0n) is 19.6. The fraction of sp³-hybridized carbons (Fsp3) is 0.227. The Morgan fingerprint density at radius 2 is 1.71 bits per heavy atom. The molecule has 178 valence electrons. The maximum Gasteiger partial charge on any atom is 2.00 e. The molecule has 11 nitrogen and oxygen atoms in total. The Bertz CT molecular complexity index is 1470. The summed E-state index contributed by atoms with van der Waals surface area (Å²) in [4.78, 5) is 42.6. The molecule has 0 bridgehead atoms. The Kier molecular flexibility index (Phi) is 8.05. The molecule has 0 spiro atoms. The van der Waals surface area contributed by atoms with Crippen molar-refractivity contribution < 1.29 is 23.3 Å². The number of rotatable bonds is 7. The van der Waals surface area contributed by atoms with Crippen LogP contribution in [0.5, 0.6) is 0 Å². The van der Waals surface area contributed by atoms with Gasteiger partial charge in [0.1, 0.15) is 12.5 Å². The Morgan fingerprint density at radius 1 is 1.03 bits per heavy atom.